The Morgan fingerprint density at radius 3 is 2.90 bits per heavy atom. The first-order chi connectivity index (χ1) is 9.99. The fourth-order valence-electron chi connectivity index (χ4n) is 2.06. The van der Waals surface area contributed by atoms with Gasteiger partial charge in [-0.3, -0.25) is 4.72 Å². The molecule has 0 bridgehead atoms. The summed E-state index contributed by atoms with van der Waals surface area (Å²) < 4.78 is 30.0. The monoisotopic (exact) mass is 322 g/mol. The maximum Gasteiger partial charge on any atom is 0.263 e. The van der Waals surface area contributed by atoms with Crippen molar-refractivity contribution in [2.45, 2.75) is 11.4 Å². The summed E-state index contributed by atoms with van der Waals surface area (Å²) in [6, 6.07) is 6.84. The lowest BCUT2D eigenvalue weighted by Gasteiger charge is -2.06. The molecule has 0 atom stereocenters. The summed E-state index contributed by atoms with van der Waals surface area (Å²) in [6.07, 6.45) is 1.55. The van der Waals surface area contributed by atoms with Crippen LogP contribution in [0.3, 0.4) is 0 Å². The highest BCUT2D eigenvalue weighted by Crippen LogP contribution is 2.24. The fraction of sp³-hybridized carbons (Fsp3) is 0.154. The summed E-state index contributed by atoms with van der Waals surface area (Å²) in [5.74, 6) is 0. The van der Waals surface area contributed by atoms with Gasteiger partial charge in [-0.2, -0.15) is 0 Å². The van der Waals surface area contributed by atoms with Crippen LogP contribution in [0.5, 0.6) is 0 Å². The Balaban J connectivity index is 1.94. The standard InChI is InChI=1S/C13H14N4O2S2/c1-17-7-11(5-10(17)6-14)21(18,19)16-9-2-3-12-13(4-9)20-8-15-12/h2-5,7-8,16H,6,14H2,1H3. The van der Waals surface area contributed by atoms with Gasteiger partial charge in [-0.15, -0.1) is 11.3 Å². The van der Waals surface area contributed by atoms with Gasteiger partial charge in [-0.25, -0.2) is 13.4 Å². The molecule has 2 heterocycles. The van der Waals surface area contributed by atoms with Crippen LogP contribution in [-0.4, -0.2) is 18.0 Å². The highest BCUT2D eigenvalue weighted by Gasteiger charge is 2.17. The van der Waals surface area contributed by atoms with Crippen LogP contribution in [0.15, 0.2) is 40.9 Å². The van der Waals surface area contributed by atoms with Crippen molar-refractivity contribution in [2.24, 2.45) is 12.8 Å². The summed E-state index contributed by atoms with van der Waals surface area (Å²) in [4.78, 5) is 4.37. The second-order valence-electron chi connectivity index (χ2n) is 4.62. The summed E-state index contributed by atoms with van der Waals surface area (Å²) in [7, 11) is -1.85. The van der Waals surface area contributed by atoms with Gasteiger partial charge in [0, 0.05) is 25.5 Å². The number of nitrogens with zero attached hydrogens (tertiary/aromatic N) is 2. The number of nitrogens with one attached hydrogen (secondary N) is 1. The molecule has 0 unspecified atom stereocenters. The fourth-order valence-corrected chi connectivity index (χ4v) is 3.92. The van der Waals surface area contributed by atoms with E-state index in [2.05, 4.69) is 9.71 Å². The van der Waals surface area contributed by atoms with Gasteiger partial charge in [-0.05, 0) is 24.3 Å². The normalized spacial score (nSPS) is 11.9. The first-order valence-electron chi connectivity index (χ1n) is 6.21. The summed E-state index contributed by atoms with van der Waals surface area (Å²) >= 11 is 1.47. The molecule has 1 aromatic carbocycles. The Kier molecular flexibility index (Phi) is 3.44. The van der Waals surface area contributed by atoms with Crippen molar-refractivity contribution in [2.75, 3.05) is 4.72 Å². The Labute approximate surface area is 126 Å². The number of hydrogen-bond acceptors (Lipinski definition) is 5. The number of aryl methyl sites for hydroxylation is 1. The summed E-state index contributed by atoms with van der Waals surface area (Å²) in [5.41, 5.74) is 9.43. The molecular weight excluding hydrogens is 308 g/mol. The zero-order valence-electron chi connectivity index (χ0n) is 11.3. The van der Waals surface area contributed by atoms with Crippen molar-refractivity contribution in [1.82, 2.24) is 9.55 Å². The number of hydrogen-bond donors (Lipinski definition) is 2. The van der Waals surface area contributed by atoms with Crippen molar-refractivity contribution in [3.8, 4) is 0 Å². The highest BCUT2D eigenvalue weighted by atomic mass is 32.2. The first-order valence-corrected chi connectivity index (χ1v) is 8.57. The van der Waals surface area contributed by atoms with Gasteiger partial charge in [0.1, 0.15) is 4.90 Å². The first kappa shape index (κ1) is 14.1. The quantitative estimate of drug-likeness (QED) is 0.767. The molecule has 110 valence electrons. The number of rotatable bonds is 4. The predicted molar refractivity (Wildman–Crippen MR) is 83.7 cm³/mol. The van der Waals surface area contributed by atoms with Crippen molar-refractivity contribution in [1.29, 1.82) is 0 Å². The Hall–Kier alpha value is -1.90. The second-order valence-corrected chi connectivity index (χ2v) is 7.19. The van der Waals surface area contributed by atoms with Crippen molar-refractivity contribution < 1.29 is 8.42 Å². The second kappa shape index (κ2) is 5.14. The molecule has 6 nitrogen and oxygen atoms in total. The molecular formula is C13H14N4O2S2. The van der Waals surface area contributed by atoms with Crippen LogP contribution in [-0.2, 0) is 23.6 Å². The number of thiazole rings is 1. The van der Waals surface area contributed by atoms with Crippen LogP contribution in [0.2, 0.25) is 0 Å². The van der Waals surface area contributed by atoms with Crippen LogP contribution < -0.4 is 10.5 Å². The van der Waals surface area contributed by atoms with E-state index in [1.165, 1.54) is 11.3 Å². The largest absolute Gasteiger partial charge is 0.352 e. The zero-order chi connectivity index (χ0) is 15.0. The minimum absolute atomic E-state index is 0.204. The van der Waals surface area contributed by atoms with Crippen LogP contribution in [0, 0.1) is 0 Å². The molecule has 0 aliphatic carbocycles. The number of aromatic nitrogens is 2. The molecule has 3 aromatic rings. The van der Waals surface area contributed by atoms with E-state index >= 15 is 0 Å². The summed E-state index contributed by atoms with van der Waals surface area (Å²) in [5, 5.41) is 0. The van der Waals surface area contributed by atoms with E-state index in [9.17, 15) is 8.42 Å². The van der Waals surface area contributed by atoms with Gasteiger partial charge < -0.3 is 10.3 Å². The van der Waals surface area contributed by atoms with E-state index in [4.69, 9.17) is 5.73 Å². The maximum absolute atomic E-state index is 12.4. The Morgan fingerprint density at radius 2 is 2.19 bits per heavy atom. The van der Waals surface area contributed by atoms with Crippen molar-refractivity contribution in [3.63, 3.8) is 0 Å². The molecule has 3 rings (SSSR count). The lowest BCUT2D eigenvalue weighted by atomic mass is 10.3. The third-order valence-electron chi connectivity index (χ3n) is 3.19. The van der Waals surface area contributed by atoms with E-state index in [0.717, 1.165) is 15.9 Å². The van der Waals surface area contributed by atoms with E-state index in [0.29, 0.717) is 12.2 Å². The highest BCUT2D eigenvalue weighted by molar-refractivity contribution is 7.92. The molecule has 21 heavy (non-hydrogen) atoms. The number of sulfonamides is 1. The molecule has 0 aliphatic heterocycles. The van der Waals surface area contributed by atoms with Crippen molar-refractivity contribution in [3.05, 3.63) is 41.7 Å². The lowest BCUT2D eigenvalue weighted by molar-refractivity contribution is 0.601. The molecule has 0 spiro atoms. The van der Waals surface area contributed by atoms with Crippen LogP contribution in [0.1, 0.15) is 5.69 Å². The van der Waals surface area contributed by atoms with E-state index in [1.54, 1.807) is 47.6 Å². The molecule has 0 aliphatic rings. The SMILES string of the molecule is Cn1cc(S(=O)(=O)Nc2ccc3ncsc3c2)cc1CN. The molecule has 0 fully saturated rings. The van der Waals surface area contributed by atoms with E-state index in [-0.39, 0.29) is 4.90 Å². The molecule has 0 saturated carbocycles. The third-order valence-corrected chi connectivity index (χ3v) is 5.33. The number of fused-ring (bicyclic) bond motifs is 1. The number of nitrogens with two attached hydrogens (primary N) is 1. The number of anilines is 1. The topological polar surface area (TPSA) is 90.0 Å². The average molecular weight is 322 g/mol. The van der Waals surface area contributed by atoms with E-state index in [1.807, 2.05) is 0 Å². The minimum Gasteiger partial charge on any atom is -0.352 e. The maximum atomic E-state index is 12.4. The van der Waals surface area contributed by atoms with Crippen LogP contribution >= 0.6 is 11.3 Å². The molecule has 0 radical (unpaired) electrons. The van der Waals surface area contributed by atoms with Gasteiger partial charge in [0.15, 0.2) is 0 Å². The average Bonchev–Trinajstić information content (AvgIpc) is 3.04. The van der Waals surface area contributed by atoms with Gasteiger partial charge in [-0.1, -0.05) is 0 Å². The summed E-state index contributed by atoms with van der Waals surface area (Å²) in [6.45, 7) is 0.291. The predicted octanol–water partition coefficient (Wildman–Crippen LogP) is 1.89. The minimum atomic E-state index is -3.62. The molecule has 0 saturated heterocycles. The smallest absolute Gasteiger partial charge is 0.263 e. The van der Waals surface area contributed by atoms with Gasteiger partial charge in [0.05, 0.1) is 21.4 Å². The number of benzene rings is 1. The zero-order valence-corrected chi connectivity index (χ0v) is 12.9. The van der Waals surface area contributed by atoms with Gasteiger partial charge >= 0.3 is 0 Å². The van der Waals surface area contributed by atoms with Gasteiger partial charge in [0.25, 0.3) is 10.0 Å². The Bertz CT molecular complexity index is 896. The molecule has 2 aromatic heterocycles. The lowest BCUT2D eigenvalue weighted by Crippen LogP contribution is -2.12. The van der Waals surface area contributed by atoms with Crippen LogP contribution in [0.25, 0.3) is 10.2 Å². The molecule has 0 amide bonds. The molecule has 3 N–H and O–H groups in total. The molecule has 8 heteroatoms. The third kappa shape index (κ3) is 2.65. The van der Waals surface area contributed by atoms with Crippen molar-refractivity contribution >= 4 is 37.3 Å². The van der Waals surface area contributed by atoms with Crippen LogP contribution in [0.4, 0.5) is 5.69 Å². The Morgan fingerprint density at radius 1 is 1.38 bits per heavy atom. The van der Waals surface area contributed by atoms with E-state index < -0.39 is 10.0 Å². The van der Waals surface area contributed by atoms with Gasteiger partial charge in [0.2, 0.25) is 0 Å².